The Labute approximate surface area is 180 Å². The molecule has 22 heavy (non-hydrogen) atoms. The van der Waals surface area contributed by atoms with Crippen molar-refractivity contribution in [1.82, 2.24) is 4.98 Å². The Kier molecular flexibility index (Phi) is 8.62. The van der Waals surface area contributed by atoms with Gasteiger partial charge in [-0.15, -0.1) is 0 Å². The van der Waals surface area contributed by atoms with E-state index in [1.807, 2.05) is 0 Å². The van der Waals surface area contributed by atoms with Crippen molar-refractivity contribution in [3.63, 3.8) is 0 Å². The van der Waals surface area contributed by atoms with Gasteiger partial charge in [-0.2, -0.15) is 0 Å². The molecule has 0 fully saturated rings. The molecule has 0 bridgehead atoms. The van der Waals surface area contributed by atoms with E-state index in [0.29, 0.717) is 5.02 Å². The Bertz CT molecular complexity index is 691. The molecule has 2 N–H and O–H groups in total. The number of carbonyl (C=O) groups excluding carboxylic acids is 1. The summed E-state index contributed by atoms with van der Waals surface area (Å²) in [5.74, 6) is -1.11. The van der Waals surface area contributed by atoms with Gasteiger partial charge in [-0.05, 0) is 42.1 Å². The summed E-state index contributed by atoms with van der Waals surface area (Å²) >= 11 is 6.64. The number of anilines is 1. The van der Waals surface area contributed by atoms with Gasteiger partial charge in [-0.25, -0.2) is 9.78 Å². The van der Waals surface area contributed by atoms with Gasteiger partial charge >= 0.3 is 57.4 Å². The third kappa shape index (κ3) is 6.00. The van der Waals surface area contributed by atoms with Crippen molar-refractivity contribution in [3.8, 4) is 0 Å². The Morgan fingerprint density at radius 1 is 1.32 bits per heavy atom. The van der Waals surface area contributed by atoms with Crippen molar-refractivity contribution in [2.75, 3.05) is 11.9 Å². The zero-order chi connectivity index (χ0) is 15.2. The molecule has 0 atom stereocenters. The second-order valence-corrected chi connectivity index (χ2v) is 5.48. The molecule has 0 aliphatic rings. The van der Waals surface area contributed by atoms with Crippen LogP contribution in [0.15, 0.2) is 47.6 Å². The first-order chi connectivity index (χ1) is 10.1. The third-order valence-electron chi connectivity index (χ3n) is 2.47. The van der Waals surface area contributed by atoms with Crippen LogP contribution in [0, 0.1) is 0 Å². The zero-order valence-electron chi connectivity index (χ0n) is 12.7. The minimum atomic E-state index is -1.11. The van der Waals surface area contributed by atoms with Gasteiger partial charge in [0.1, 0.15) is 5.03 Å². The number of carboxylic acid groups (broad SMARTS) is 1. The second-order valence-electron chi connectivity index (χ2n) is 4.00. The topological polar surface area (TPSA) is 79.3 Å². The van der Waals surface area contributed by atoms with Crippen LogP contribution >= 0.6 is 23.4 Å². The van der Waals surface area contributed by atoms with E-state index in [4.69, 9.17) is 16.7 Å². The largest absolute Gasteiger partial charge is 1.00 e. The Morgan fingerprint density at radius 2 is 2.09 bits per heavy atom. The maximum absolute atomic E-state index is 11.9. The number of hydrogen-bond acceptors (Lipinski definition) is 5. The first-order valence-electron chi connectivity index (χ1n) is 5.94. The molecule has 1 heterocycles. The van der Waals surface area contributed by atoms with Gasteiger partial charge < -0.3 is 11.8 Å². The number of aromatic carboxylic acids is 1. The summed E-state index contributed by atoms with van der Waals surface area (Å²) in [6.07, 6.45) is 1.45. The van der Waals surface area contributed by atoms with E-state index in [9.17, 15) is 9.59 Å². The molecule has 110 valence electrons. The molecule has 1 aromatic carbocycles. The fourth-order valence-electron chi connectivity index (χ4n) is 1.55. The molecular formula is C14H12ClKN2O3S. The van der Waals surface area contributed by atoms with Crippen molar-refractivity contribution in [2.45, 2.75) is 5.03 Å². The number of rotatable bonds is 5. The zero-order valence-corrected chi connectivity index (χ0v) is 16.4. The van der Waals surface area contributed by atoms with Gasteiger partial charge in [0, 0.05) is 16.9 Å². The summed E-state index contributed by atoms with van der Waals surface area (Å²) in [7, 11) is 0. The molecule has 0 aliphatic heterocycles. The van der Waals surface area contributed by atoms with Gasteiger partial charge in [-0.3, -0.25) is 4.79 Å². The first-order valence-corrected chi connectivity index (χ1v) is 7.14. The molecule has 0 saturated carbocycles. The predicted octanol–water partition coefficient (Wildman–Crippen LogP) is 0.280. The van der Waals surface area contributed by atoms with Crippen LogP contribution in [-0.2, 0) is 4.79 Å². The van der Waals surface area contributed by atoms with Crippen molar-refractivity contribution >= 4 is 40.1 Å². The summed E-state index contributed by atoms with van der Waals surface area (Å²) in [5, 5.41) is 12.5. The molecule has 2 aromatic rings. The van der Waals surface area contributed by atoms with Crippen molar-refractivity contribution in [2.24, 2.45) is 0 Å². The summed E-state index contributed by atoms with van der Waals surface area (Å²) in [6.45, 7) is 0.0423. The number of aromatic nitrogens is 1. The molecule has 0 spiro atoms. The smallest absolute Gasteiger partial charge is 1.00 e. The van der Waals surface area contributed by atoms with Gasteiger partial charge in [0.25, 0.3) is 0 Å². The first kappa shape index (κ1) is 19.6. The quantitative estimate of drug-likeness (QED) is 0.587. The summed E-state index contributed by atoms with van der Waals surface area (Å²) in [6, 6.07) is 9.91. The van der Waals surface area contributed by atoms with E-state index in [1.54, 1.807) is 24.3 Å². The molecular weight excluding hydrogens is 351 g/mol. The average molecular weight is 363 g/mol. The van der Waals surface area contributed by atoms with Gasteiger partial charge in [0.15, 0.2) is 0 Å². The van der Waals surface area contributed by atoms with Crippen molar-refractivity contribution in [1.29, 1.82) is 0 Å². The fourth-order valence-corrected chi connectivity index (χ4v) is 2.48. The monoisotopic (exact) mass is 362 g/mol. The van der Waals surface area contributed by atoms with E-state index < -0.39 is 5.97 Å². The second kappa shape index (κ2) is 9.66. The predicted molar refractivity (Wildman–Crippen MR) is 83.1 cm³/mol. The molecule has 0 aliphatic carbocycles. The van der Waals surface area contributed by atoms with Gasteiger partial charge in [0.2, 0.25) is 5.12 Å². The van der Waals surface area contributed by atoms with E-state index in [0.717, 1.165) is 17.4 Å². The van der Waals surface area contributed by atoms with Gasteiger partial charge in [0.05, 0.1) is 12.1 Å². The molecule has 0 amide bonds. The fraction of sp³-hybridized carbons (Fsp3) is 0.0714. The van der Waals surface area contributed by atoms with E-state index >= 15 is 0 Å². The number of benzene rings is 1. The number of nitrogens with one attached hydrogen (secondary N) is 1. The molecule has 5 nitrogen and oxygen atoms in total. The maximum Gasteiger partial charge on any atom is 1.00 e. The molecule has 0 radical (unpaired) electrons. The van der Waals surface area contributed by atoms with E-state index in [-0.39, 0.29) is 75.1 Å². The summed E-state index contributed by atoms with van der Waals surface area (Å²) < 4.78 is 0. The number of nitrogens with zero attached hydrogens (tertiary/aromatic N) is 1. The van der Waals surface area contributed by atoms with Gasteiger partial charge in [-0.1, -0.05) is 17.7 Å². The Hall–Kier alpha value is -0.414. The SMILES string of the molecule is O=C(CNc1cccc(Cl)c1)Sc1ncccc1C(=O)O.[H-].[K+]. The van der Waals surface area contributed by atoms with E-state index in [1.165, 1.54) is 18.3 Å². The number of thioether (sulfide) groups is 1. The van der Waals surface area contributed by atoms with Crippen LogP contribution in [0.4, 0.5) is 5.69 Å². The van der Waals surface area contributed by atoms with Crippen molar-refractivity contribution < 1.29 is 67.5 Å². The number of carbonyl (C=O) groups is 2. The van der Waals surface area contributed by atoms with Crippen LogP contribution in [0.2, 0.25) is 5.02 Å². The van der Waals surface area contributed by atoms with Crippen molar-refractivity contribution in [3.05, 3.63) is 53.2 Å². The van der Waals surface area contributed by atoms with Crippen LogP contribution in [0.5, 0.6) is 0 Å². The Balaban J connectivity index is 0.00000242. The molecule has 0 unspecified atom stereocenters. The maximum atomic E-state index is 11.9. The van der Waals surface area contributed by atoms with E-state index in [2.05, 4.69) is 10.3 Å². The molecule has 8 heteroatoms. The molecule has 0 saturated heterocycles. The van der Waals surface area contributed by atoms with Crippen LogP contribution in [0.3, 0.4) is 0 Å². The minimum Gasteiger partial charge on any atom is -1.00 e. The minimum absolute atomic E-state index is 0. The summed E-state index contributed by atoms with van der Waals surface area (Å²) in [5.41, 5.74) is 0.731. The number of halogens is 1. The number of pyridine rings is 1. The molecule has 2 rings (SSSR count). The summed E-state index contributed by atoms with van der Waals surface area (Å²) in [4.78, 5) is 26.8. The van der Waals surface area contributed by atoms with Crippen LogP contribution in [0.25, 0.3) is 0 Å². The van der Waals surface area contributed by atoms with Crippen LogP contribution in [-0.4, -0.2) is 27.7 Å². The number of carboxylic acids is 1. The number of hydrogen-bond donors (Lipinski definition) is 2. The van der Waals surface area contributed by atoms with Crippen LogP contribution in [0.1, 0.15) is 11.8 Å². The standard InChI is InChI=1S/C14H11ClN2O3S.K.H/c15-9-3-1-4-10(7-9)17-8-12(18)21-13-11(14(19)20)5-2-6-16-13;;/h1-7,17H,8H2,(H,19,20);;/q;+1;-1. The Morgan fingerprint density at radius 3 is 2.77 bits per heavy atom. The third-order valence-corrected chi connectivity index (χ3v) is 3.60. The average Bonchev–Trinajstić information content (AvgIpc) is 2.45. The molecule has 1 aromatic heterocycles. The normalized spacial score (nSPS) is 9.68. The van der Waals surface area contributed by atoms with Crippen LogP contribution < -0.4 is 56.7 Å².